The third kappa shape index (κ3) is 4.26. The summed E-state index contributed by atoms with van der Waals surface area (Å²) in [6.45, 7) is 2.31. The molecule has 1 unspecified atom stereocenters. The lowest BCUT2D eigenvalue weighted by atomic mass is 9.76. The Labute approximate surface area is 113 Å². The second-order valence-corrected chi connectivity index (χ2v) is 6.85. The maximum absolute atomic E-state index is 10.5. The molecule has 1 atom stereocenters. The number of hydrogen-bond acceptors (Lipinski definition) is 1. The number of aliphatic hydroxyl groups excluding tert-OH is 1. The van der Waals surface area contributed by atoms with Gasteiger partial charge in [-0.3, -0.25) is 0 Å². The summed E-state index contributed by atoms with van der Waals surface area (Å²) in [6.07, 6.45) is 16.1. The molecule has 106 valence electrons. The van der Waals surface area contributed by atoms with Crippen molar-refractivity contribution in [1.29, 1.82) is 0 Å². The highest BCUT2D eigenvalue weighted by molar-refractivity contribution is 4.79. The Morgan fingerprint density at radius 3 is 2.00 bits per heavy atom. The molecule has 0 radical (unpaired) electrons. The fraction of sp³-hybridized carbons (Fsp3) is 1.00. The molecule has 0 spiro atoms. The standard InChI is InChI=1S/C17H32O/c1-2-14-9-11-16(12-10-14)17(18)13-15-7-5-3-4-6-8-15/h14-18H,2-13H2,1H3. The monoisotopic (exact) mass is 252 g/mol. The molecule has 0 aromatic carbocycles. The van der Waals surface area contributed by atoms with Gasteiger partial charge in [-0.1, -0.05) is 64.7 Å². The van der Waals surface area contributed by atoms with E-state index in [0.29, 0.717) is 5.92 Å². The lowest BCUT2D eigenvalue weighted by Gasteiger charge is -2.32. The summed E-state index contributed by atoms with van der Waals surface area (Å²) in [5.41, 5.74) is 0. The Kier molecular flexibility index (Phi) is 6.01. The first kappa shape index (κ1) is 14.4. The molecule has 2 aliphatic rings. The summed E-state index contributed by atoms with van der Waals surface area (Å²) < 4.78 is 0. The second kappa shape index (κ2) is 7.53. The van der Waals surface area contributed by atoms with Gasteiger partial charge in [-0.2, -0.15) is 0 Å². The maximum atomic E-state index is 10.5. The highest BCUT2D eigenvalue weighted by atomic mass is 16.3. The zero-order valence-corrected chi connectivity index (χ0v) is 12.2. The normalized spacial score (nSPS) is 33.0. The molecule has 1 heteroatoms. The van der Waals surface area contributed by atoms with Gasteiger partial charge in [0.25, 0.3) is 0 Å². The Morgan fingerprint density at radius 1 is 0.833 bits per heavy atom. The number of rotatable bonds is 4. The van der Waals surface area contributed by atoms with E-state index in [0.717, 1.165) is 18.3 Å². The van der Waals surface area contributed by atoms with Crippen LogP contribution in [0, 0.1) is 17.8 Å². The van der Waals surface area contributed by atoms with Crippen molar-refractivity contribution in [2.75, 3.05) is 0 Å². The molecule has 0 saturated heterocycles. The molecule has 0 amide bonds. The van der Waals surface area contributed by atoms with E-state index in [2.05, 4.69) is 6.92 Å². The summed E-state index contributed by atoms with van der Waals surface area (Å²) in [5, 5.41) is 10.5. The topological polar surface area (TPSA) is 20.2 Å². The van der Waals surface area contributed by atoms with Crippen molar-refractivity contribution in [1.82, 2.24) is 0 Å². The molecule has 2 rings (SSSR count). The summed E-state index contributed by atoms with van der Waals surface area (Å²) >= 11 is 0. The van der Waals surface area contributed by atoms with E-state index in [-0.39, 0.29) is 6.10 Å². The molecule has 0 heterocycles. The van der Waals surface area contributed by atoms with E-state index in [9.17, 15) is 5.11 Å². The third-order valence-electron chi connectivity index (χ3n) is 5.56. The quantitative estimate of drug-likeness (QED) is 0.704. The second-order valence-electron chi connectivity index (χ2n) is 6.85. The van der Waals surface area contributed by atoms with Gasteiger partial charge in [-0.05, 0) is 37.0 Å². The Bertz CT molecular complexity index is 210. The van der Waals surface area contributed by atoms with Crippen molar-refractivity contribution in [3.63, 3.8) is 0 Å². The van der Waals surface area contributed by atoms with Gasteiger partial charge in [0.2, 0.25) is 0 Å². The van der Waals surface area contributed by atoms with Crippen LogP contribution < -0.4 is 0 Å². The first-order valence-electron chi connectivity index (χ1n) is 8.47. The molecule has 1 nitrogen and oxygen atoms in total. The number of aliphatic hydroxyl groups is 1. The molecule has 1 N–H and O–H groups in total. The summed E-state index contributed by atoms with van der Waals surface area (Å²) in [7, 11) is 0. The minimum absolute atomic E-state index is 0.00547. The Hall–Kier alpha value is -0.0400. The van der Waals surface area contributed by atoms with Gasteiger partial charge in [0.05, 0.1) is 6.10 Å². The van der Waals surface area contributed by atoms with Crippen molar-refractivity contribution in [2.45, 2.75) is 90.1 Å². The fourth-order valence-electron chi connectivity index (χ4n) is 4.11. The molecule has 0 bridgehead atoms. The minimum Gasteiger partial charge on any atom is -0.393 e. The molecule has 0 aliphatic heterocycles. The highest BCUT2D eigenvalue weighted by Crippen LogP contribution is 2.35. The van der Waals surface area contributed by atoms with Gasteiger partial charge in [0.1, 0.15) is 0 Å². The average molecular weight is 252 g/mol. The molecular weight excluding hydrogens is 220 g/mol. The van der Waals surface area contributed by atoms with E-state index in [1.165, 1.54) is 70.6 Å². The van der Waals surface area contributed by atoms with E-state index >= 15 is 0 Å². The van der Waals surface area contributed by atoms with Crippen LogP contribution in [0.2, 0.25) is 0 Å². The lowest BCUT2D eigenvalue weighted by molar-refractivity contribution is 0.0507. The van der Waals surface area contributed by atoms with Crippen LogP contribution in [0.4, 0.5) is 0 Å². The van der Waals surface area contributed by atoms with Crippen molar-refractivity contribution in [2.24, 2.45) is 17.8 Å². The molecule has 2 aliphatic carbocycles. The van der Waals surface area contributed by atoms with E-state index < -0.39 is 0 Å². The molecule has 0 aromatic rings. The van der Waals surface area contributed by atoms with Gasteiger partial charge in [0, 0.05) is 0 Å². The number of hydrogen-bond donors (Lipinski definition) is 1. The van der Waals surface area contributed by atoms with E-state index in [1.807, 2.05) is 0 Å². The summed E-state index contributed by atoms with van der Waals surface area (Å²) in [4.78, 5) is 0. The Balaban J connectivity index is 1.72. The predicted molar refractivity (Wildman–Crippen MR) is 77.6 cm³/mol. The van der Waals surface area contributed by atoms with Gasteiger partial charge >= 0.3 is 0 Å². The summed E-state index contributed by atoms with van der Waals surface area (Å²) in [6, 6.07) is 0. The van der Waals surface area contributed by atoms with Crippen LogP contribution in [0.3, 0.4) is 0 Å². The molecule has 18 heavy (non-hydrogen) atoms. The van der Waals surface area contributed by atoms with Crippen LogP contribution in [0.15, 0.2) is 0 Å². The SMILES string of the molecule is CCC1CCC(C(O)CC2CCCCCC2)CC1. The zero-order chi connectivity index (χ0) is 12.8. The molecule has 0 aromatic heterocycles. The van der Waals surface area contributed by atoms with Gasteiger partial charge in [-0.15, -0.1) is 0 Å². The van der Waals surface area contributed by atoms with Crippen molar-refractivity contribution < 1.29 is 5.11 Å². The van der Waals surface area contributed by atoms with Crippen LogP contribution >= 0.6 is 0 Å². The molecule has 2 fully saturated rings. The van der Waals surface area contributed by atoms with E-state index in [1.54, 1.807) is 0 Å². The third-order valence-corrected chi connectivity index (χ3v) is 5.56. The van der Waals surface area contributed by atoms with Crippen LogP contribution in [0.1, 0.15) is 84.0 Å². The first-order chi connectivity index (χ1) is 8.79. The van der Waals surface area contributed by atoms with Crippen molar-refractivity contribution in [3.8, 4) is 0 Å². The smallest absolute Gasteiger partial charge is 0.0571 e. The van der Waals surface area contributed by atoms with Crippen LogP contribution in [-0.2, 0) is 0 Å². The highest BCUT2D eigenvalue weighted by Gasteiger charge is 2.27. The average Bonchev–Trinajstić information content (AvgIpc) is 2.67. The molecular formula is C17H32O. The lowest BCUT2D eigenvalue weighted by Crippen LogP contribution is -2.27. The van der Waals surface area contributed by atoms with Crippen LogP contribution in [0.25, 0.3) is 0 Å². The first-order valence-corrected chi connectivity index (χ1v) is 8.47. The Morgan fingerprint density at radius 2 is 1.44 bits per heavy atom. The van der Waals surface area contributed by atoms with Crippen LogP contribution in [-0.4, -0.2) is 11.2 Å². The fourth-order valence-corrected chi connectivity index (χ4v) is 4.11. The van der Waals surface area contributed by atoms with Gasteiger partial charge in [-0.25, -0.2) is 0 Å². The van der Waals surface area contributed by atoms with Gasteiger partial charge < -0.3 is 5.11 Å². The van der Waals surface area contributed by atoms with Crippen molar-refractivity contribution in [3.05, 3.63) is 0 Å². The van der Waals surface area contributed by atoms with Crippen molar-refractivity contribution >= 4 is 0 Å². The molecule has 2 saturated carbocycles. The van der Waals surface area contributed by atoms with Gasteiger partial charge in [0.15, 0.2) is 0 Å². The van der Waals surface area contributed by atoms with Crippen LogP contribution in [0.5, 0.6) is 0 Å². The zero-order valence-electron chi connectivity index (χ0n) is 12.2. The predicted octanol–water partition coefficient (Wildman–Crippen LogP) is 4.92. The summed E-state index contributed by atoms with van der Waals surface area (Å²) in [5.74, 6) is 2.40. The minimum atomic E-state index is 0.00547. The maximum Gasteiger partial charge on any atom is 0.0571 e. The van der Waals surface area contributed by atoms with E-state index in [4.69, 9.17) is 0 Å². The largest absolute Gasteiger partial charge is 0.393 e.